The predicted molar refractivity (Wildman–Crippen MR) is 350 cm³/mol. The Hall–Kier alpha value is -10.9. The monoisotopic (exact) mass is 1050 g/mol. The third-order valence-corrected chi connectivity index (χ3v) is 16.0. The molecule has 0 amide bonds. The lowest BCUT2D eigenvalue weighted by molar-refractivity contribution is 1.24. The molecule has 15 aromatic rings. The highest BCUT2D eigenvalue weighted by molar-refractivity contribution is 5.97. The highest BCUT2D eigenvalue weighted by Gasteiger charge is 2.21. The lowest BCUT2D eigenvalue weighted by Gasteiger charge is -2.30. The third kappa shape index (κ3) is 9.14. The molecule has 0 saturated carbocycles. The molecule has 386 valence electrons. The van der Waals surface area contributed by atoms with Gasteiger partial charge in [0.05, 0.1) is 0 Å². The normalized spacial score (nSPS) is 11.4. The SMILES string of the molecule is c1ccc2cc(N(c3ccc(N(c4ccc(N(c5ccc6ccccc6c5)c5ccc6ccccc6c5)cc4)c4ccc(N(c5ccc6ccccc6c5)c5ccc6ccccc6c5)cc4)cc3)c3ccc4ccccc4c3)ccc2c1. The number of nitrogens with zero attached hydrogens (tertiary/aromatic N) is 4. The molecule has 82 heavy (non-hydrogen) atoms. The van der Waals surface area contributed by atoms with E-state index >= 15 is 0 Å². The van der Waals surface area contributed by atoms with E-state index in [0.717, 1.165) is 68.2 Å². The van der Waals surface area contributed by atoms with E-state index in [1.807, 2.05) is 0 Å². The van der Waals surface area contributed by atoms with E-state index in [1.165, 1.54) is 64.6 Å². The maximum absolute atomic E-state index is 2.38. The van der Waals surface area contributed by atoms with Crippen molar-refractivity contribution in [3.63, 3.8) is 0 Å². The van der Waals surface area contributed by atoms with Crippen molar-refractivity contribution in [2.75, 3.05) is 19.6 Å². The lowest BCUT2D eigenvalue weighted by Crippen LogP contribution is -2.14. The summed E-state index contributed by atoms with van der Waals surface area (Å²) in [7, 11) is 0. The van der Waals surface area contributed by atoms with Gasteiger partial charge in [0, 0.05) is 68.2 Å². The van der Waals surface area contributed by atoms with Gasteiger partial charge in [-0.25, -0.2) is 0 Å². The average Bonchev–Trinajstić information content (AvgIpc) is 3.66. The number of fused-ring (bicyclic) bond motifs is 6. The van der Waals surface area contributed by atoms with Crippen LogP contribution in [0.3, 0.4) is 0 Å². The molecule has 0 aliphatic rings. The Morgan fingerprint density at radius 1 is 0.110 bits per heavy atom. The van der Waals surface area contributed by atoms with Crippen LogP contribution in [0, 0.1) is 0 Å². The van der Waals surface area contributed by atoms with Gasteiger partial charge in [0.25, 0.3) is 0 Å². The second-order valence-electron chi connectivity index (χ2n) is 21.1. The zero-order chi connectivity index (χ0) is 54.3. The molecule has 15 rings (SSSR count). The van der Waals surface area contributed by atoms with Gasteiger partial charge in [-0.3, -0.25) is 0 Å². The minimum Gasteiger partial charge on any atom is -0.310 e. The summed E-state index contributed by atoms with van der Waals surface area (Å²) in [5.74, 6) is 0. The maximum atomic E-state index is 2.38. The van der Waals surface area contributed by atoms with Crippen LogP contribution in [-0.4, -0.2) is 0 Å². The molecule has 0 heterocycles. The predicted octanol–water partition coefficient (Wildman–Crippen LogP) is 22.5. The van der Waals surface area contributed by atoms with Crippen LogP contribution in [0.1, 0.15) is 0 Å². The van der Waals surface area contributed by atoms with Gasteiger partial charge in [0.1, 0.15) is 0 Å². The number of rotatable bonds is 12. The minimum absolute atomic E-state index is 1.03. The fraction of sp³-hybridized carbons (Fsp3) is 0. The highest BCUT2D eigenvalue weighted by atomic mass is 15.2. The molecular formula is C78H54N4. The van der Waals surface area contributed by atoms with Gasteiger partial charge in [-0.1, -0.05) is 182 Å². The number of benzene rings is 15. The third-order valence-electron chi connectivity index (χ3n) is 16.0. The van der Waals surface area contributed by atoms with Crippen LogP contribution in [0.2, 0.25) is 0 Å². The molecule has 0 aliphatic heterocycles. The standard InChI is InChI=1S/C78H54N4/c1-7-19-61-49-73(31-25-55(61)13-1)80(74-32-26-56-14-2-8-20-62(56)50-74)70-43-37-67(38-44-70)79(68-39-45-71(46-40-68)81(75-33-27-57-15-3-9-21-63(57)51-75)76-34-28-58-16-4-10-22-64(58)52-76)69-41-47-72(48-42-69)82(77-35-29-59-17-5-11-23-65(59)53-77)78-36-30-60-18-6-12-24-66(60)54-78/h1-54H. The van der Waals surface area contributed by atoms with Crippen LogP contribution in [0.5, 0.6) is 0 Å². The van der Waals surface area contributed by atoms with E-state index in [1.54, 1.807) is 0 Å². The van der Waals surface area contributed by atoms with E-state index in [0.29, 0.717) is 0 Å². The van der Waals surface area contributed by atoms with Crippen molar-refractivity contribution < 1.29 is 0 Å². The maximum Gasteiger partial charge on any atom is 0.0468 e. The van der Waals surface area contributed by atoms with Crippen molar-refractivity contribution in [1.29, 1.82) is 0 Å². The fourth-order valence-corrected chi connectivity index (χ4v) is 11.9. The molecule has 0 saturated heterocycles. The minimum atomic E-state index is 1.03. The second kappa shape index (κ2) is 20.7. The van der Waals surface area contributed by atoms with Crippen LogP contribution in [0.4, 0.5) is 68.2 Å². The Morgan fingerprint density at radius 3 is 0.390 bits per heavy atom. The Morgan fingerprint density at radius 2 is 0.232 bits per heavy atom. The van der Waals surface area contributed by atoms with Crippen LogP contribution < -0.4 is 19.6 Å². The van der Waals surface area contributed by atoms with Gasteiger partial charge in [0.15, 0.2) is 0 Å². The lowest BCUT2D eigenvalue weighted by atomic mass is 10.1. The summed E-state index contributed by atoms with van der Waals surface area (Å²) in [6.45, 7) is 0. The van der Waals surface area contributed by atoms with Crippen molar-refractivity contribution in [3.05, 3.63) is 328 Å². The summed E-state index contributed by atoms with van der Waals surface area (Å²) < 4.78 is 0. The van der Waals surface area contributed by atoms with E-state index in [2.05, 4.69) is 347 Å². The fourth-order valence-electron chi connectivity index (χ4n) is 11.9. The first-order valence-electron chi connectivity index (χ1n) is 28.0. The summed E-state index contributed by atoms with van der Waals surface area (Å²) in [5.41, 5.74) is 12.8. The van der Waals surface area contributed by atoms with E-state index in [-0.39, 0.29) is 0 Å². The van der Waals surface area contributed by atoms with Crippen molar-refractivity contribution >= 4 is 133 Å². The van der Waals surface area contributed by atoms with E-state index < -0.39 is 0 Å². The summed E-state index contributed by atoms with van der Waals surface area (Å²) in [6.07, 6.45) is 0. The Labute approximate surface area is 477 Å². The molecule has 0 spiro atoms. The zero-order valence-electron chi connectivity index (χ0n) is 45.0. The first-order chi connectivity index (χ1) is 40.6. The molecule has 0 N–H and O–H groups in total. The molecule has 0 aliphatic carbocycles. The Balaban J connectivity index is 0.864. The number of hydrogen-bond acceptors (Lipinski definition) is 4. The highest BCUT2D eigenvalue weighted by Crippen LogP contribution is 2.45. The quantitative estimate of drug-likeness (QED) is 0.121. The van der Waals surface area contributed by atoms with Gasteiger partial charge >= 0.3 is 0 Å². The molecule has 0 bridgehead atoms. The average molecular weight is 1050 g/mol. The van der Waals surface area contributed by atoms with Crippen LogP contribution in [0.15, 0.2) is 328 Å². The second-order valence-corrected chi connectivity index (χ2v) is 21.1. The molecule has 0 atom stereocenters. The zero-order valence-corrected chi connectivity index (χ0v) is 45.0. The number of anilines is 12. The van der Waals surface area contributed by atoms with Crippen molar-refractivity contribution in [2.24, 2.45) is 0 Å². The van der Waals surface area contributed by atoms with Crippen molar-refractivity contribution in [3.8, 4) is 0 Å². The molecule has 0 fully saturated rings. The summed E-state index contributed by atoms with van der Waals surface area (Å²) in [5, 5.41) is 14.4. The molecule has 0 unspecified atom stereocenters. The summed E-state index contributed by atoms with van der Waals surface area (Å²) in [4.78, 5) is 9.50. The van der Waals surface area contributed by atoms with Crippen molar-refractivity contribution in [1.82, 2.24) is 0 Å². The smallest absolute Gasteiger partial charge is 0.0468 e. The summed E-state index contributed by atoms with van der Waals surface area (Å²) in [6, 6.07) is 119. The Bertz CT molecular complexity index is 4110. The van der Waals surface area contributed by atoms with Crippen LogP contribution in [-0.2, 0) is 0 Å². The topological polar surface area (TPSA) is 13.0 Å². The van der Waals surface area contributed by atoms with Gasteiger partial charge < -0.3 is 19.6 Å². The van der Waals surface area contributed by atoms with E-state index in [4.69, 9.17) is 0 Å². The van der Waals surface area contributed by atoms with Crippen LogP contribution in [0.25, 0.3) is 64.6 Å². The molecule has 15 aromatic carbocycles. The van der Waals surface area contributed by atoms with Crippen LogP contribution >= 0.6 is 0 Å². The molecule has 0 radical (unpaired) electrons. The first-order valence-corrected chi connectivity index (χ1v) is 28.0. The molecular weight excluding hydrogens is 993 g/mol. The first kappa shape index (κ1) is 48.2. The van der Waals surface area contributed by atoms with Gasteiger partial charge in [-0.15, -0.1) is 0 Å². The number of hydrogen-bond donors (Lipinski definition) is 0. The van der Waals surface area contributed by atoms with Gasteiger partial charge in [-0.2, -0.15) is 0 Å². The van der Waals surface area contributed by atoms with E-state index in [9.17, 15) is 0 Å². The summed E-state index contributed by atoms with van der Waals surface area (Å²) >= 11 is 0. The molecule has 0 aromatic heterocycles. The molecule has 4 heteroatoms. The van der Waals surface area contributed by atoms with Gasteiger partial charge in [-0.05, 0) is 210 Å². The van der Waals surface area contributed by atoms with Gasteiger partial charge in [0.2, 0.25) is 0 Å². The molecule has 4 nitrogen and oxygen atoms in total. The Kier molecular flexibility index (Phi) is 12.2. The largest absolute Gasteiger partial charge is 0.310 e. The van der Waals surface area contributed by atoms with Crippen molar-refractivity contribution in [2.45, 2.75) is 0 Å².